The molecule has 4 heteroatoms. The third-order valence-corrected chi connectivity index (χ3v) is 4.93. The number of nitrogens with one attached hydrogen (secondary N) is 1. The number of rotatable bonds is 3. The maximum Gasteiger partial charge on any atom is 0.146 e. The zero-order valence-electron chi connectivity index (χ0n) is 11.7. The van der Waals surface area contributed by atoms with Gasteiger partial charge in [-0.25, -0.2) is 4.39 Å². The van der Waals surface area contributed by atoms with Gasteiger partial charge in [-0.05, 0) is 50.8 Å². The van der Waals surface area contributed by atoms with E-state index in [1.807, 2.05) is 12.1 Å². The van der Waals surface area contributed by atoms with Crippen molar-refractivity contribution in [3.63, 3.8) is 0 Å². The van der Waals surface area contributed by atoms with E-state index in [2.05, 4.69) is 10.2 Å². The fourth-order valence-electron chi connectivity index (χ4n) is 3.59. The van der Waals surface area contributed by atoms with Crippen LogP contribution in [-0.2, 0) is 6.54 Å². The first-order valence-corrected chi connectivity index (χ1v) is 8.00. The second kappa shape index (κ2) is 6.42. The molecule has 1 aromatic rings. The smallest absolute Gasteiger partial charge is 0.146 e. The van der Waals surface area contributed by atoms with Crippen LogP contribution in [0.2, 0.25) is 5.02 Å². The summed E-state index contributed by atoms with van der Waals surface area (Å²) in [4.78, 5) is 2.38. The van der Waals surface area contributed by atoms with Gasteiger partial charge in [0.05, 0.1) is 5.02 Å². The van der Waals surface area contributed by atoms with Gasteiger partial charge in [-0.3, -0.25) is 4.90 Å². The predicted molar refractivity (Wildman–Crippen MR) is 80.4 cm³/mol. The van der Waals surface area contributed by atoms with Crippen molar-refractivity contribution in [2.24, 2.45) is 5.92 Å². The number of nitrogens with zero attached hydrogens (tertiary/aromatic N) is 1. The molecule has 2 saturated heterocycles. The summed E-state index contributed by atoms with van der Waals surface area (Å²) in [5.41, 5.74) is 0.720. The average Bonchev–Trinajstić information content (AvgIpc) is 2.98. The van der Waals surface area contributed by atoms with Gasteiger partial charge in [0.25, 0.3) is 0 Å². The first-order valence-electron chi connectivity index (χ1n) is 7.62. The number of likely N-dealkylation sites (tertiary alicyclic amines) is 1. The number of benzene rings is 1. The van der Waals surface area contributed by atoms with Gasteiger partial charge in [-0.15, -0.1) is 0 Å². The summed E-state index contributed by atoms with van der Waals surface area (Å²) >= 11 is 5.86. The second-order valence-corrected chi connectivity index (χ2v) is 6.46. The van der Waals surface area contributed by atoms with E-state index in [4.69, 9.17) is 11.6 Å². The van der Waals surface area contributed by atoms with E-state index in [0.717, 1.165) is 25.2 Å². The SMILES string of the molecule is Fc1c(Cl)cccc1CN1CCCC(C2CCCN2)C1. The standard InChI is InChI=1S/C16H22ClFN2/c17-14-6-1-4-13(16(14)18)11-20-9-3-5-12(10-20)15-7-2-8-19-15/h1,4,6,12,15,19H,2-3,5,7-11H2. The van der Waals surface area contributed by atoms with E-state index >= 15 is 0 Å². The van der Waals surface area contributed by atoms with Gasteiger partial charge in [0.1, 0.15) is 5.82 Å². The van der Waals surface area contributed by atoms with Crippen molar-refractivity contribution in [3.05, 3.63) is 34.6 Å². The minimum Gasteiger partial charge on any atom is -0.314 e. The highest BCUT2D eigenvalue weighted by Gasteiger charge is 2.29. The molecular formula is C16H22ClFN2. The van der Waals surface area contributed by atoms with Crippen LogP contribution in [0.1, 0.15) is 31.2 Å². The molecule has 1 N–H and O–H groups in total. The first-order chi connectivity index (χ1) is 9.74. The van der Waals surface area contributed by atoms with Gasteiger partial charge >= 0.3 is 0 Å². The van der Waals surface area contributed by atoms with Gasteiger partial charge < -0.3 is 5.32 Å². The zero-order valence-corrected chi connectivity index (χ0v) is 12.5. The highest BCUT2D eigenvalue weighted by atomic mass is 35.5. The molecule has 0 saturated carbocycles. The third kappa shape index (κ3) is 3.16. The van der Waals surface area contributed by atoms with Crippen LogP contribution in [0.25, 0.3) is 0 Å². The number of hydrogen-bond donors (Lipinski definition) is 1. The van der Waals surface area contributed by atoms with Crippen molar-refractivity contribution in [2.45, 2.75) is 38.3 Å². The Kier molecular flexibility index (Phi) is 4.59. The Bertz CT molecular complexity index is 460. The highest BCUT2D eigenvalue weighted by molar-refractivity contribution is 6.30. The summed E-state index contributed by atoms with van der Waals surface area (Å²) in [6, 6.07) is 5.96. The van der Waals surface area contributed by atoms with Gasteiger partial charge in [-0.1, -0.05) is 23.7 Å². The van der Waals surface area contributed by atoms with Crippen molar-refractivity contribution in [2.75, 3.05) is 19.6 Å². The lowest BCUT2D eigenvalue weighted by Crippen LogP contribution is -2.43. The van der Waals surface area contributed by atoms with Crippen molar-refractivity contribution in [3.8, 4) is 0 Å². The summed E-state index contributed by atoms with van der Waals surface area (Å²) in [6.07, 6.45) is 5.10. The molecule has 2 aliphatic heterocycles. The first kappa shape index (κ1) is 14.3. The molecule has 0 amide bonds. The minimum absolute atomic E-state index is 0.230. The van der Waals surface area contributed by atoms with E-state index in [1.54, 1.807) is 6.07 Å². The molecule has 2 fully saturated rings. The summed E-state index contributed by atoms with van der Waals surface area (Å²) in [7, 11) is 0. The Labute approximate surface area is 125 Å². The van der Waals surface area contributed by atoms with Crippen molar-refractivity contribution in [1.29, 1.82) is 0 Å². The fourth-order valence-corrected chi connectivity index (χ4v) is 3.78. The van der Waals surface area contributed by atoms with Crippen molar-refractivity contribution in [1.82, 2.24) is 10.2 Å². The molecule has 2 aliphatic rings. The minimum atomic E-state index is -0.254. The molecule has 110 valence electrons. The summed E-state index contributed by atoms with van der Waals surface area (Å²) in [5.74, 6) is 0.462. The summed E-state index contributed by atoms with van der Waals surface area (Å²) in [5, 5.41) is 3.84. The second-order valence-electron chi connectivity index (χ2n) is 6.05. The van der Waals surface area contributed by atoms with Crippen LogP contribution < -0.4 is 5.32 Å². The molecule has 20 heavy (non-hydrogen) atoms. The Morgan fingerprint density at radius 2 is 2.20 bits per heavy atom. The molecule has 0 aromatic heterocycles. The van der Waals surface area contributed by atoms with Crippen LogP contribution in [0, 0.1) is 11.7 Å². The maximum atomic E-state index is 14.0. The molecule has 2 atom stereocenters. The Morgan fingerprint density at radius 1 is 1.30 bits per heavy atom. The lowest BCUT2D eigenvalue weighted by molar-refractivity contribution is 0.144. The van der Waals surface area contributed by atoms with Gasteiger partial charge in [0.2, 0.25) is 0 Å². The van der Waals surface area contributed by atoms with Crippen LogP contribution in [0.5, 0.6) is 0 Å². The zero-order chi connectivity index (χ0) is 13.9. The average molecular weight is 297 g/mol. The van der Waals surface area contributed by atoms with Crippen molar-refractivity contribution < 1.29 is 4.39 Å². The third-order valence-electron chi connectivity index (χ3n) is 4.63. The van der Waals surface area contributed by atoms with Gasteiger partial charge in [-0.2, -0.15) is 0 Å². The van der Waals surface area contributed by atoms with Gasteiger partial charge in [0.15, 0.2) is 0 Å². The van der Waals surface area contributed by atoms with Crippen LogP contribution in [0.4, 0.5) is 4.39 Å². The molecule has 3 rings (SSSR count). The Morgan fingerprint density at radius 3 is 3.00 bits per heavy atom. The maximum absolute atomic E-state index is 14.0. The number of halogens is 2. The van der Waals surface area contributed by atoms with Crippen LogP contribution in [-0.4, -0.2) is 30.6 Å². The Balaban J connectivity index is 1.63. The molecule has 2 heterocycles. The van der Waals surface area contributed by atoms with Crippen molar-refractivity contribution >= 4 is 11.6 Å². The van der Waals surface area contributed by atoms with E-state index in [0.29, 0.717) is 18.5 Å². The van der Waals surface area contributed by atoms with E-state index in [9.17, 15) is 4.39 Å². The van der Waals surface area contributed by atoms with Gasteiger partial charge in [0, 0.05) is 24.7 Å². The molecule has 0 bridgehead atoms. The largest absolute Gasteiger partial charge is 0.314 e. The highest BCUT2D eigenvalue weighted by Crippen LogP contribution is 2.27. The monoisotopic (exact) mass is 296 g/mol. The molecule has 2 nitrogen and oxygen atoms in total. The Hall–Kier alpha value is -0.640. The van der Waals surface area contributed by atoms with E-state index in [1.165, 1.54) is 25.7 Å². The molecule has 1 aromatic carbocycles. The van der Waals surface area contributed by atoms with E-state index < -0.39 is 0 Å². The normalized spacial score (nSPS) is 27.9. The summed E-state index contributed by atoms with van der Waals surface area (Å²) < 4.78 is 14.0. The lowest BCUT2D eigenvalue weighted by atomic mass is 9.89. The summed E-state index contributed by atoms with van der Waals surface area (Å²) in [6.45, 7) is 3.97. The molecule has 0 spiro atoms. The van der Waals surface area contributed by atoms with Crippen LogP contribution in [0.15, 0.2) is 18.2 Å². The number of piperidine rings is 1. The lowest BCUT2D eigenvalue weighted by Gasteiger charge is -2.36. The number of hydrogen-bond acceptors (Lipinski definition) is 2. The quantitative estimate of drug-likeness (QED) is 0.919. The molecule has 2 unspecified atom stereocenters. The topological polar surface area (TPSA) is 15.3 Å². The predicted octanol–water partition coefficient (Wildman–Crippen LogP) is 3.44. The van der Waals surface area contributed by atoms with E-state index in [-0.39, 0.29) is 10.8 Å². The van der Waals surface area contributed by atoms with Crippen LogP contribution >= 0.6 is 11.6 Å². The fraction of sp³-hybridized carbons (Fsp3) is 0.625. The molecule has 0 radical (unpaired) electrons. The van der Waals surface area contributed by atoms with Crippen LogP contribution in [0.3, 0.4) is 0 Å². The molecular weight excluding hydrogens is 275 g/mol. The molecule has 0 aliphatic carbocycles.